The molecule has 1 aliphatic heterocycles. The van der Waals surface area contributed by atoms with E-state index in [0.717, 1.165) is 5.57 Å². The predicted molar refractivity (Wildman–Crippen MR) is 103 cm³/mol. The van der Waals surface area contributed by atoms with E-state index in [4.69, 9.17) is 14.2 Å². The Labute approximate surface area is 170 Å². The quantitative estimate of drug-likeness (QED) is 0.437. The molecule has 0 aromatic rings. The van der Waals surface area contributed by atoms with Crippen LogP contribution in [0.4, 0.5) is 0 Å². The van der Waals surface area contributed by atoms with Crippen molar-refractivity contribution in [3.63, 3.8) is 0 Å². The number of hydrogen-bond acceptors (Lipinski definition) is 7. The van der Waals surface area contributed by atoms with Crippen molar-refractivity contribution in [1.82, 2.24) is 0 Å². The van der Waals surface area contributed by atoms with Crippen LogP contribution in [0.25, 0.3) is 0 Å². The third-order valence-electron chi connectivity index (χ3n) is 6.33. The molecule has 0 aromatic heterocycles. The summed E-state index contributed by atoms with van der Waals surface area (Å²) in [6, 6.07) is 0. The highest BCUT2D eigenvalue weighted by atomic mass is 16.6. The highest BCUT2D eigenvalue weighted by Crippen LogP contribution is 2.50. The van der Waals surface area contributed by atoms with Gasteiger partial charge in [-0.15, -0.1) is 0 Å². The Bertz CT molecular complexity index is 832. The number of fused-ring (bicyclic) bond motifs is 2. The van der Waals surface area contributed by atoms with Gasteiger partial charge in [-0.3, -0.25) is 9.59 Å². The number of rotatable bonds is 3. The Morgan fingerprint density at radius 1 is 1.28 bits per heavy atom. The smallest absolute Gasteiger partial charge is 0.333 e. The fourth-order valence-electron chi connectivity index (χ4n) is 4.61. The van der Waals surface area contributed by atoms with E-state index in [2.05, 4.69) is 0 Å². The van der Waals surface area contributed by atoms with Crippen molar-refractivity contribution in [2.24, 2.45) is 17.8 Å². The Morgan fingerprint density at radius 3 is 2.52 bits per heavy atom. The molecule has 0 bridgehead atoms. The van der Waals surface area contributed by atoms with E-state index in [1.54, 1.807) is 52.8 Å². The molecule has 0 aromatic carbocycles. The van der Waals surface area contributed by atoms with Crippen LogP contribution >= 0.6 is 0 Å². The standard InChI is InChI=1S/C22H28O7/c1-7-10(2)20(24)28-18-15-12(4)21(25)29-19(15)17(27-13(5)23)11(3)14-8-9-22(6,26)16(14)18/h7-9,12,15-19,26H,1-6H3. The topological polar surface area (TPSA) is 99.1 Å². The molecule has 29 heavy (non-hydrogen) atoms. The zero-order chi connectivity index (χ0) is 21.7. The van der Waals surface area contributed by atoms with Crippen molar-refractivity contribution in [1.29, 1.82) is 0 Å². The molecular formula is C22H28O7. The molecule has 1 heterocycles. The molecular weight excluding hydrogens is 376 g/mol. The fourth-order valence-corrected chi connectivity index (χ4v) is 4.61. The molecule has 7 unspecified atom stereocenters. The molecule has 0 radical (unpaired) electrons. The lowest BCUT2D eigenvalue weighted by Crippen LogP contribution is -2.48. The summed E-state index contributed by atoms with van der Waals surface area (Å²) >= 11 is 0. The molecule has 0 spiro atoms. The average molecular weight is 404 g/mol. The van der Waals surface area contributed by atoms with Crippen LogP contribution in [0.5, 0.6) is 0 Å². The van der Waals surface area contributed by atoms with Crippen LogP contribution in [0, 0.1) is 17.8 Å². The van der Waals surface area contributed by atoms with Crippen molar-refractivity contribution in [2.45, 2.75) is 65.5 Å². The van der Waals surface area contributed by atoms with Gasteiger partial charge < -0.3 is 19.3 Å². The molecule has 0 amide bonds. The van der Waals surface area contributed by atoms with Gasteiger partial charge >= 0.3 is 17.9 Å². The highest BCUT2D eigenvalue weighted by Gasteiger charge is 2.60. The number of aliphatic hydroxyl groups is 1. The van der Waals surface area contributed by atoms with Crippen LogP contribution in [-0.2, 0) is 28.6 Å². The molecule has 7 heteroatoms. The normalized spacial score (nSPS) is 38.9. The van der Waals surface area contributed by atoms with Gasteiger partial charge in [0.15, 0.2) is 6.10 Å². The summed E-state index contributed by atoms with van der Waals surface area (Å²) in [6.45, 7) is 9.81. The molecule has 3 aliphatic rings. The molecule has 1 saturated heterocycles. The molecule has 2 aliphatic carbocycles. The monoisotopic (exact) mass is 404 g/mol. The van der Waals surface area contributed by atoms with E-state index >= 15 is 0 Å². The maximum atomic E-state index is 12.7. The van der Waals surface area contributed by atoms with Crippen LogP contribution in [-0.4, -0.2) is 46.9 Å². The molecule has 1 N–H and O–H groups in total. The van der Waals surface area contributed by atoms with Crippen molar-refractivity contribution in [3.8, 4) is 0 Å². The summed E-state index contributed by atoms with van der Waals surface area (Å²) in [7, 11) is 0. The minimum absolute atomic E-state index is 0.424. The highest BCUT2D eigenvalue weighted by molar-refractivity contribution is 5.88. The van der Waals surface area contributed by atoms with E-state index in [-0.39, 0.29) is 0 Å². The Balaban J connectivity index is 2.17. The summed E-state index contributed by atoms with van der Waals surface area (Å²) < 4.78 is 17.1. The first-order valence-electron chi connectivity index (χ1n) is 9.83. The minimum atomic E-state index is -1.30. The third-order valence-corrected chi connectivity index (χ3v) is 6.33. The number of allylic oxidation sites excluding steroid dienone is 2. The number of hydrogen-bond donors (Lipinski definition) is 1. The number of carbonyl (C=O) groups is 3. The SMILES string of the molecule is CC=C(C)C(=O)OC1C2C(C)C(=O)OC2C(OC(C)=O)C(C)=C2C=CC(C)(O)C21. The summed E-state index contributed by atoms with van der Waals surface area (Å²) in [5.74, 6) is -3.25. The van der Waals surface area contributed by atoms with E-state index < -0.39 is 59.6 Å². The van der Waals surface area contributed by atoms with Crippen LogP contribution < -0.4 is 0 Å². The summed E-state index contributed by atoms with van der Waals surface area (Å²) in [5.41, 5.74) is 0.534. The Kier molecular flexibility index (Phi) is 5.47. The van der Waals surface area contributed by atoms with Gasteiger partial charge in [0, 0.05) is 12.5 Å². The second kappa shape index (κ2) is 7.44. The Morgan fingerprint density at radius 2 is 1.93 bits per heavy atom. The minimum Gasteiger partial charge on any atom is -0.458 e. The fraction of sp³-hybridized carbons (Fsp3) is 0.591. The number of esters is 3. The van der Waals surface area contributed by atoms with Crippen LogP contribution in [0.1, 0.15) is 41.5 Å². The van der Waals surface area contributed by atoms with Gasteiger partial charge in [0.25, 0.3) is 0 Å². The largest absolute Gasteiger partial charge is 0.458 e. The first-order valence-corrected chi connectivity index (χ1v) is 9.83. The summed E-state index contributed by atoms with van der Waals surface area (Å²) in [6.07, 6.45) is 2.62. The van der Waals surface area contributed by atoms with E-state index in [1.165, 1.54) is 6.92 Å². The number of ether oxygens (including phenoxy) is 3. The van der Waals surface area contributed by atoms with Gasteiger partial charge in [-0.25, -0.2) is 4.79 Å². The maximum absolute atomic E-state index is 12.7. The lowest BCUT2D eigenvalue weighted by molar-refractivity contribution is -0.164. The van der Waals surface area contributed by atoms with Crippen LogP contribution in [0.2, 0.25) is 0 Å². The molecule has 7 nitrogen and oxygen atoms in total. The summed E-state index contributed by atoms with van der Waals surface area (Å²) in [4.78, 5) is 36.9. The van der Waals surface area contributed by atoms with E-state index in [1.807, 2.05) is 0 Å². The van der Waals surface area contributed by atoms with E-state index in [9.17, 15) is 19.5 Å². The van der Waals surface area contributed by atoms with Crippen molar-refractivity contribution in [2.75, 3.05) is 0 Å². The molecule has 3 rings (SSSR count). The van der Waals surface area contributed by atoms with Crippen molar-refractivity contribution in [3.05, 3.63) is 34.9 Å². The van der Waals surface area contributed by atoms with Crippen molar-refractivity contribution >= 4 is 17.9 Å². The van der Waals surface area contributed by atoms with Gasteiger partial charge in [-0.2, -0.15) is 0 Å². The van der Waals surface area contributed by atoms with Crippen LogP contribution in [0.3, 0.4) is 0 Å². The Hall–Kier alpha value is -2.41. The average Bonchev–Trinajstić information content (AvgIpc) is 3.09. The van der Waals surface area contributed by atoms with E-state index in [0.29, 0.717) is 11.1 Å². The molecule has 0 saturated carbocycles. The first kappa shape index (κ1) is 21.3. The van der Waals surface area contributed by atoms with Crippen LogP contribution in [0.15, 0.2) is 34.9 Å². The molecule has 158 valence electrons. The van der Waals surface area contributed by atoms with Gasteiger partial charge in [-0.1, -0.05) is 25.2 Å². The second-order valence-corrected chi connectivity index (χ2v) is 8.31. The zero-order valence-corrected chi connectivity index (χ0v) is 17.6. The lowest BCUT2D eigenvalue weighted by Gasteiger charge is -2.37. The van der Waals surface area contributed by atoms with Gasteiger partial charge in [0.05, 0.1) is 23.4 Å². The van der Waals surface area contributed by atoms with Gasteiger partial charge in [0.2, 0.25) is 0 Å². The van der Waals surface area contributed by atoms with Crippen molar-refractivity contribution < 1.29 is 33.7 Å². The lowest BCUT2D eigenvalue weighted by atomic mass is 9.75. The zero-order valence-electron chi connectivity index (χ0n) is 17.6. The first-order chi connectivity index (χ1) is 13.5. The van der Waals surface area contributed by atoms with Gasteiger partial charge in [0.1, 0.15) is 12.2 Å². The number of carbonyl (C=O) groups excluding carboxylic acids is 3. The third kappa shape index (κ3) is 3.52. The molecule has 1 fully saturated rings. The summed E-state index contributed by atoms with van der Waals surface area (Å²) in [5, 5.41) is 11.1. The second-order valence-electron chi connectivity index (χ2n) is 8.31. The van der Waals surface area contributed by atoms with Gasteiger partial charge in [-0.05, 0) is 38.8 Å². The predicted octanol–water partition coefficient (Wildman–Crippen LogP) is 2.24. The maximum Gasteiger partial charge on any atom is 0.333 e. The molecule has 7 atom stereocenters.